The Hall–Kier alpha value is -1.67. The largest absolute Gasteiger partial charge is 0.573 e. The van der Waals surface area contributed by atoms with Gasteiger partial charge in [0.25, 0.3) is 0 Å². The van der Waals surface area contributed by atoms with Gasteiger partial charge in [-0.25, -0.2) is 0 Å². The lowest BCUT2D eigenvalue weighted by Gasteiger charge is -2.36. The molecule has 1 unspecified atom stereocenters. The quantitative estimate of drug-likeness (QED) is 0.747. The van der Waals surface area contributed by atoms with Gasteiger partial charge in [-0.2, -0.15) is 0 Å². The third-order valence-corrected chi connectivity index (χ3v) is 6.79. The molecule has 0 saturated carbocycles. The van der Waals surface area contributed by atoms with Crippen LogP contribution in [0.2, 0.25) is 0 Å². The van der Waals surface area contributed by atoms with Crippen LogP contribution < -0.4 is 10.5 Å². The van der Waals surface area contributed by atoms with Crippen molar-refractivity contribution in [1.82, 2.24) is 0 Å². The number of nitrogens with zero attached hydrogens (tertiary/aromatic N) is 1. The van der Waals surface area contributed by atoms with E-state index >= 15 is 0 Å². The van der Waals surface area contributed by atoms with E-state index in [1.807, 2.05) is 6.07 Å². The topological polar surface area (TPSA) is 47.6 Å². The van der Waals surface area contributed by atoms with Crippen molar-refractivity contribution in [2.45, 2.75) is 37.6 Å². The van der Waals surface area contributed by atoms with E-state index in [2.05, 4.69) is 10.8 Å². The van der Waals surface area contributed by atoms with Crippen molar-refractivity contribution >= 4 is 28.3 Å². The minimum atomic E-state index is -4.69. The summed E-state index contributed by atoms with van der Waals surface area (Å²) in [4.78, 5) is 6.98. The van der Waals surface area contributed by atoms with E-state index < -0.39 is 6.36 Å². The molecule has 26 heavy (non-hydrogen) atoms. The molecule has 0 amide bonds. The van der Waals surface area contributed by atoms with Gasteiger partial charge in [0, 0.05) is 15.5 Å². The first kappa shape index (κ1) is 17.7. The van der Waals surface area contributed by atoms with E-state index in [0.717, 1.165) is 41.9 Å². The lowest BCUT2D eigenvalue weighted by Crippen LogP contribution is -2.34. The van der Waals surface area contributed by atoms with E-state index in [9.17, 15) is 13.2 Å². The Kier molecular flexibility index (Phi) is 4.43. The smallest absolute Gasteiger partial charge is 0.406 e. The fraction of sp³-hybridized carbons (Fsp3) is 0.389. The van der Waals surface area contributed by atoms with Crippen LogP contribution in [0.1, 0.15) is 29.7 Å². The molecule has 0 bridgehead atoms. The number of rotatable bonds is 2. The molecule has 1 spiro atoms. The van der Waals surface area contributed by atoms with Crippen molar-refractivity contribution in [3.63, 3.8) is 0 Å². The molecular formula is C18H17F3N2OS2. The molecule has 2 N–H and O–H groups in total. The number of alkyl halides is 3. The average molecular weight is 398 g/mol. The maximum absolute atomic E-state index is 12.5. The van der Waals surface area contributed by atoms with Gasteiger partial charge in [-0.3, -0.25) is 4.99 Å². The number of thioether (sulfide) groups is 1. The zero-order chi connectivity index (χ0) is 18.4. The number of aryl methyl sites for hydroxylation is 1. The maximum atomic E-state index is 12.5. The third kappa shape index (κ3) is 3.44. The third-order valence-electron chi connectivity index (χ3n) is 4.75. The van der Waals surface area contributed by atoms with Crippen LogP contribution in [0.25, 0.3) is 10.4 Å². The van der Waals surface area contributed by atoms with Crippen molar-refractivity contribution in [3.05, 3.63) is 40.8 Å². The van der Waals surface area contributed by atoms with Gasteiger partial charge in [0.2, 0.25) is 0 Å². The maximum Gasteiger partial charge on any atom is 0.573 e. The highest BCUT2D eigenvalue weighted by Crippen LogP contribution is 2.49. The van der Waals surface area contributed by atoms with Crippen LogP contribution in [0.15, 0.2) is 35.3 Å². The molecule has 2 aromatic rings. The molecule has 1 aromatic carbocycles. The van der Waals surface area contributed by atoms with Gasteiger partial charge in [-0.15, -0.1) is 24.5 Å². The summed E-state index contributed by atoms with van der Waals surface area (Å²) >= 11 is 3.21. The van der Waals surface area contributed by atoms with Crippen LogP contribution in [0.5, 0.6) is 5.75 Å². The van der Waals surface area contributed by atoms with E-state index in [4.69, 9.17) is 10.7 Å². The monoisotopic (exact) mass is 398 g/mol. The fourth-order valence-corrected chi connectivity index (χ4v) is 5.85. The van der Waals surface area contributed by atoms with Crippen LogP contribution in [-0.2, 0) is 12.0 Å². The Bertz CT molecular complexity index is 862. The lowest BCUT2D eigenvalue weighted by molar-refractivity contribution is -0.274. The summed E-state index contributed by atoms with van der Waals surface area (Å²) in [5.41, 5.74) is 7.64. The van der Waals surface area contributed by atoms with Gasteiger partial charge < -0.3 is 10.5 Å². The van der Waals surface area contributed by atoms with Crippen molar-refractivity contribution in [2.24, 2.45) is 10.7 Å². The zero-order valence-corrected chi connectivity index (χ0v) is 15.4. The predicted molar refractivity (Wildman–Crippen MR) is 99.8 cm³/mol. The zero-order valence-electron chi connectivity index (χ0n) is 13.8. The van der Waals surface area contributed by atoms with Crippen molar-refractivity contribution in [1.29, 1.82) is 0 Å². The minimum Gasteiger partial charge on any atom is -0.406 e. The number of amidine groups is 1. The van der Waals surface area contributed by atoms with Crippen LogP contribution in [0, 0.1) is 0 Å². The highest BCUT2D eigenvalue weighted by molar-refractivity contribution is 8.13. The first-order valence-electron chi connectivity index (χ1n) is 8.32. The predicted octanol–water partition coefficient (Wildman–Crippen LogP) is 5.30. The summed E-state index contributed by atoms with van der Waals surface area (Å²) in [5, 5.41) is 0.623. The molecule has 1 aliphatic carbocycles. The standard InChI is InChI=1S/C18H17F3N2OS2/c19-18(20,21)24-12-4-1-3-11(9-12)15-10-13-14(26-15)5-2-6-17(13)7-8-25-16(22)23-17/h1,3-4,9-10H,2,5-8H2,(H2,22,23). The molecule has 0 fully saturated rings. The molecule has 3 nitrogen and oxygen atoms in total. The highest BCUT2D eigenvalue weighted by atomic mass is 32.2. The van der Waals surface area contributed by atoms with Gasteiger partial charge in [-0.05, 0) is 55.0 Å². The first-order chi connectivity index (χ1) is 12.3. The van der Waals surface area contributed by atoms with Gasteiger partial charge in [0.1, 0.15) is 5.75 Å². The molecule has 1 atom stereocenters. The van der Waals surface area contributed by atoms with Gasteiger partial charge >= 0.3 is 6.36 Å². The summed E-state index contributed by atoms with van der Waals surface area (Å²) in [7, 11) is 0. The fourth-order valence-electron chi connectivity index (χ4n) is 3.67. The Morgan fingerprint density at radius 3 is 2.81 bits per heavy atom. The number of hydrogen-bond donors (Lipinski definition) is 1. The summed E-state index contributed by atoms with van der Waals surface area (Å²) in [6.45, 7) is 0. The number of benzene rings is 1. The SMILES string of the molecule is NC1=NC2(CCCc3sc(-c4cccc(OC(F)(F)F)c4)cc32)CCS1. The van der Waals surface area contributed by atoms with E-state index in [1.165, 1.54) is 22.6 Å². The van der Waals surface area contributed by atoms with Gasteiger partial charge in [-0.1, -0.05) is 23.9 Å². The average Bonchev–Trinajstić information content (AvgIpc) is 2.99. The number of hydrogen-bond acceptors (Lipinski definition) is 5. The summed E-state index contributed by atoms with van der Waals surface area (Å²) < 4.78 is 41.5. The lowest BCUT2D eigenvalue weighted by atomic mass is 9.78. The van der Waals surface area contributed by atoms with Crippen molar-refractivity contribution < 1.29 is 17.9 Å². The molecule has 0 radical (unpaired) electrons. The van der Waals surface area contributed by atoms with E-state index in [1.54, 1.807) is 29.2 Å². The number of halogens is 3. The Balaban J connectivity index is 1.72. The second-order valence-electron chi connectivity index (χ2n) is 6.46. The summed E-state index contributed by atoms with van der Waals surface area (Å²) in [6.07, 6.45) is -0.758. The normalized spacial score (nSPS) is 22.8. The number of aliphatic imine (C=N–C) groups is 1. The first-order valence-corrected chi connectivity index (χ1v) is 10.1. The van der Waals surface area contributed by atoms with Crippen molar-refractivity contribution in [3.8, 4) is 16.2 Å². The molecule has 8 heteroatoms. The van der Waals surface area contributed by atoms with Crippen molar-refractivity contribution in [2.75, 3.05) is 5.75 Å². The van der Waals surface area contributed by atoms with Gasteiger partial charge in [0.15, 0.2) is 5.17 Å². The number of thiophene rings is 1. The molecule has 0 saturated heterocycles. The molecule has 1 aliphatic heterocycles. The number of nitrogens with two attached hydrogens (primary N) is 1. The summed E-state index contributed by atoms with van der Waals surface area (Å²) in [6, 6.07) is 8.22. The Morgan fingerprint density at radius 2 is 2.04 bits per heavy atom. The highest BCUT2D eigenvalue weighted by Gasteiger charge is 2.39. The van der Waals surface area contributed by atoms with Crippen LogP contribution in [-0.4, -0.2) is 17.3 Å². The molecular weight excluding hydrogens is 381 g/mol. The Morgan fingerprint density at radius 1 is 1.19 bits per heavy atom. The molecule has 2 aliphatic rings. The second kappa shape index (κ2) is 6.49. The van der Waals surface area contributed by atoms with Gasteiger partial charge in [0.05, 0.1) is 5.54 Å². The number of fused-ring (bicyclic) bond motifs is 2. The molecule has 2 heterocycles. The molecule has 1 aromatic heterocycles. The van der Waals surface area contributed by atoms with Crippen LogP contribution >= 0.6 is 23.1 Å². The molecule has 138 valence electrons. The minimum absolute atomic E-state index is 0.201. The molecule has 4 rings (SSSR count). The summed E-state index contributed by atoms with van der Waals surface area (Å²) in [5.74, 6) is 0.738. The second-order valence-corrected chi connectivity index (χ2v) is 8.71. The van der Waals surface area contributed by atoms with Crippen LogP contribution in [0.4, 0.5) is 13.2 Å². The van der Waals surface area contributed by atoms with E-state index in [-0.39, 0.29) is 11.3 Å². The van der Waals surface area contributed by atoms with Crippen LogP contribution in [0.3, 0.4) is 0 Å². The number of ether oxygens (including phenoxy) is 1. The van der Waals surface area contributed by atoms with E-state index in [0.29, 0.717) is 5.17 Å². The Labute approximate surface area is 157 Å².